The van der Waals surface area contributed by atoms with Gasteiger partial charge in [-0.1, -0.05) is 13.8 Å². The summed E-state index contributed by atoms with van der Waals surface area (Å²) in [4.78, 5) is 24.8. The van der Waals surface area contributed by atoms with Gasteiger partial charge in [-0.15, -0.1) is 0 Å². The smallest absolute Gasteiger partial charge is 0.253 e. The van der Waals surface area contributed by atoms with Gasteiger partial charge >= 0.3 is 0 Å². The van der Waals surface area contributed by atoms with Gasteiger partial charge in [0.2, 0.25) is 5.91 Å². The van der Waals surface area contributed by atoms with Gasteiger partial charge in [0.25, 0.3) is 5.91 Å². The van der Waals surface area contributed by atoms with E-state index in [4.69, 9.17) is 4.74 Å². The lowest BCUT2D eigenvalue weighted by molar-refractivity contribution is -0.125. The summed E-state index contributed by atoms with van der Waals surface area (Å²) in [5, 5.41) is 2.67. The number of ether oxygens (including phenoxy) is 1. The van der Waals surface area contributed by atoms with Gasteiger partial charge in [0.15, 0.2) is 0 Å². The van der Waals surface area contributed by atoms with Crippen LogP contribution in [0.15, 0.2) is 18.2 Å². The number of rotatable bonds is 5. The number of amides is 2. The van der Waals surface area contributed by atoms with E-state index in [0.717, 1.165) is 6.42 Å². The van der Waals surface area contributed by atoms with Crippen LogP contribution >= 0.6 is 0 Å². The Bertz CT molecular complexity index is 560. The zero-order valence-electron chi connectivity index (χ0n) is 12.9. The Balaban J connectivity index is 2.03. The fourth-order valence-corrected chi connectivity index (χ4v) is 2.22. The molecule has 22 heavy (non-hydrogen) atoms. The molecule has 1 aromatic rings. The standard InChI is InChI=1S/C16H21FN2O3/c1-11(2)3-6-15(20)18-12-4-5-14(13(17)9-12)19-7-8-22-10-16(19)21/h4-5,9,11H,3,6-8,10H2,1-2H3,(H,18,20). The first-order valence-corrected chi connectivity index (χ1v) is 7.45. The van der Waals surface area contributed by atoms with Crippen molar-refractivity contribution in [2.45, 2.75) is 26.7 Å². The van der Waals surface area contributed by atoms with E-state index in [9.17, 15) is 14.0 Å². The maximum Gasteiger partial charge on any atom is 0.253 e. The molecule has 120 valence electrons. The number of benzene rings is 1. The Morgan fingerprint density at radius 2 is 2.23 bits per heavy atom. The first-order chi connectivity index (χ1) is 10.5. The van der Waals surface area contributed by atoms with Crippen molar-refractivity contribution in [3.05, 3.63) is 24.0 Å². The van der Waals surface area contributed by atoms with Gasteiger partial charge in [0.05, 0.1) is 12.3 Å². The molecule has 1 aliphatic rings. The summed E-state index contributed by atoms with van der Waals surface area (Å²) in [7, 11) is 0. The second kappa shape index (κ2) is 7.35. The first-order valence-electron chi connectivity index (χ1n) is 7.45. The van der Waals surface area contributed by atoms with Crippen LogP contribution in [-0.4, -0.2) is 31.6 Å². The maximum absolute atomic E-state index is 14.2. The van der Waals surface area contributed by atoms with Crippen molar-refractivity contribution in [3.63, 3.8) is 0 Å². The van der Waals surface area contributed by atoms with Crippen LogP contribution in [0, 0.1) is 11.7 Å². The normalized spacial score (nSPS) is 15.3. The molecule has 0 unspecified atom stereocenters. The van der Waals surface area contributed by atoms with Gasteiger partial charge in [-0.05, 0) is 30.5 Å². The molecule has 0 radical (unpaired) electrons. The van der Waals surface area contributed by atoms with E-state index in [0.29, 0.717) is 31.2 Å². The summed E-state index contributed by atoms with van der Waals surface area (Å²) in [6.45, 7) is 4.77. The van der Waals surface area contributed by atoms with Crippen LogP contribution in [0.2, 0.25) is 0 Å². The lowest BCUT2D eigenvalue weighted by atomic mass is 10.1. The van der Waals surface area contributed by atoms with Crippen molar-refractivity contribution in [2.75, 3.05) is 30.0 Å². The SMILES string of the molecule is CC(C)CCC(=O)Nc1ccc(N2CCOCC2=O)c(F)c1. The molecular weight excluding hydrogens is 287 g/mol. The van der Waals surface area contributed by atoms with Crippen LogP contribution in [0.25, 0.3) is 0 Å². The summed E-state index contributed by atoms with van der Waals surface area (Å²) >= 11 is 0. The minimum absolute atomic E-state index is 0.0346. The van der Waals surface area contributed by atoms with Crippen LogP contribution in [-0.2, 0) is 14.3 Å². The second-order valence-electron chi connectivity index (χ2n) is 5.74. The van der Waals surface area contributed by atoms with Crippen LogP contribution < -0.4 is 10.2 Å². The number of anilines is 2. The molecular formula is C16H21FN2O3. The van der Waals surface area contributed by atoms with Crippen molar-refractivity contribution in [3.8, 4) is 0 Å². The predicted octanol–water partition coefficient (Wildman–Crippen LogP) is 2.56. The Labute approximate surface area is 129 Å². The number of nitrogens with zero attached hydrogens (tertiary/aromatic N) is 1. The number of morpholine rings is 1. The van der Waals surface area contributed by atoms with Crippen LogP contribution in [0.3, 0.4) is 0 Å². The van der Waals surface area contributed by atoms with E-state index in [1.165, 1.54) is 17.0 Å². The van der Waals surface area contributed by atoms with Gasteiger partial charge in [0, 0.05) is 18.7 Å². The Morgan fingerprint density at radius 1 is 1.45 bits per heavy atom. The maximum atomic E-state index is 14.2. The highest BCUT2D eigenvalue weighted by Gasteiger charge is 2.23. The van der Waals surface area contributed by atoms with Crippen LogP contribution in [0.1, 0.15) is 26.7 Å². The quantitative estimate of drug-likeness (QED) is 0.909. The number of hydrogen-bond acceptors (Lipinski definition) is 3. The monoisotopic (exact) mass is 308 g/mol. The molecule has 1 aliphatic heterocycles. The summed E-state index contributed by atoms with van der Waals surface area (Å²) in [6, 6.07) is 4.36. The van der Waals surface area contributed by atoms with Crippen molar-refractivity contribution in [1.82, 2.24) is 0 Å². The lowest BCUT2D eigenvalue weighted by Gasteiger charge is -2.27. The number of hydrogen-bond donors (Lipinski definition) is 1. The highest BCUT2D eigenvalue weighted by atomic mass is 19.1. The molecule has 0 bridgehead atoms. The third-order valence-corrected chi connectivity index (χ3v) is 3.46. The molecule has 0 spiro atoms. The van der Waals surface area contributed by atoms with E-state index in [-0.39, 0.29) is 24.1 Å². The van der Waals surface area contributed by atoms with Crippen molar-refractivity contribution < 1.29 is 18.7 Å². The highest BCUT2D eigenvalue weighted by molar-refractivity contribution is 5.96. The van der Waals surface area contributed by atoms with Crippen LogP contribution in [0.5, 0.6) is 0 Å². The van der Waals surface area contributed by atoms with E-state index in [2.05, 4.69) is 5.32 Å². The van der Waals surface area contributed by atoms with Gasteiger partial charge in [-0.3, -0.25) is 9.59 Å². The van der Waals surface area contributed by atoms with E-state index in [1.807, 2.05) is 13.8 Å². The van der Waals surface area contributed by atoms with Crippen molar-refractivity contribution in [2.24, 2.45) is 5.92 Å². The lowest BCUT2D eigenvalue weighted by Crippen LogP contribution is -2.42. The van der Waals surface area contributed by atoms with Crippen molar-refractivity contribution >= 4 is 23.2 Å². The molecule has 1 N–H and O–H groups in total. The molecule has 0 atom stereocenters. The van der Waals surface area contributed by atoms with E-state index in [1.54, 1.807) is 6.07 Å². The molecule has 0 saturated carbocycles. The Hall–Kier alpha value is -1.95. The topological polar surface area (TPSA) is 58.6 Å². The molecule has 1 fully saturated rings. The molecule has 5 nitrogen and oxygen atoms in total. The third-order valence-electron chi connectivity index (χ3n) is 3.46. The summed E-state index contributed by atoms with van der Waals surface area (Å²) < 4.78 is 19.2. The van der Waals surface area contributed by atoms with Gasteiger partial charge in [-0.2, -0.15) is 0 Å². The number of carbonyl (C=O) groups is 2. The van der Waals surface area contributed by atoms with Gasteiger partial charge in [-0.25, -0.2) is 4.39 Å². The molecule has 1 saturated heterocycles. The average Bonchev–Trinajstić information content (AvgIpc) is 2.46. The molecule has 1 aromatic carbocycles. The van der Waals surface area contributed by atoms with E-state index >= 15 is 0 Å². The number of nitrogens with one attached hydrogen (secondary N) is 1. The second-order valence-corrected chi connectivity index (χ2v) is 5.74. The first kappa shape index (κ1) is 16.4. The number of carbonyl (C=O) groups excluding carboxylic acids is 2. The Kier molecular flexibility index (Phi) is 5.49. The fraction of sp³-hybridized carbons (Fsp3) is 0.500. The molecule has 0 aliphatic carbocycles. The predicted molar refractivity (Wildman–Crippen MR) is 82.3 cm³/mol. The zero-order chi connectivity index (χ0) is 16.1. The molecule has 1 heterocycles. The average molecular weight is 308 g/mol. The molecule has 0 aromatic heterocycles. The zero-order valence-corrected chi connectivity index (χ0v) is 12.9. The summed E-state index contributed by atoms with van der Waals surface area (Å²) in [5.41, 5.74) is 0.615. The van der Waals surface area contributed by atoms with Gasteiger partial charge < -0.3 is 15.0 Å². The Morgan fingerprint density at radius 3 is 2.86 bits per heavy atom. The molecule has 2 rings (SSSR count). The highest BCUT2D eigenvalue weighted by Crippen LogP contribution is 2.24. The van der Waals surface area contributed by atoms with E-state index < -0.39 is 5.82 Å². The minimum atomic E-state index is -0.531. The van der Waals surface area contributed by atoms with Crippen LogP contribution in [0.4, 0.5) is 15.8 Å². The summed E-state index contributed by atoms with van der Waals surface area (Å²) in [6.07, 6.45) is 1.19. The molecule has 2 amide bonds. The fourth-order valence-electron chi connectivity index (χ4n) is 2.22. The molecule has 6 heteroatoms. The largest absolute Gasteiger partial charge is 0.370 e. The third kappa shape index (κ3) is 4.27. The van der Waals surface area contributed by atoms with Gasteiger partial charge in [0.1, 0.15) is 12.4 Å². The number of halogens is 1. The minimum Gasteiger partial charge on any atom is -0.370 e. The van der Waals surface area contributed by atoms with Crippen molar-refractivity contribution in [1.29, 1.82) is 0 Å². The summed E-state index contributed by atoms with van der Waals surface area (Å²) in [5.74, 6) is -0.490.